The summed E-state index contributed by atoms with van der Waals surface area (Å²) in [4.78, 5) is 12.2. The fraction of sp³-hybridized carbons (Fsp3) is 0.615. The van der Waals surface area contributed by atoms with Crippen LogP contribution < -0.4 is 5.32 Å². The largest absolute Gasteiger partial charge is 0.462 e. The molecule has 1 N–H and O–H groups in total. The molecule has 0 saturated heterocycles. The highest BCUT2D eigenvalue weighted by Crippen LogP contribution is 2.27. The van der Waals surface area contributed by atoms with Crippen LogP contribution in [-0.4, -0.2) is 18.6 Å². The quantitative estimate of drug-likeness (QED) is 0.832. The second-order valence-electron chi connectivity index (χ2n) is 4.36. The number of hydrogen-bond acceptors (Lipinski definition) is 4. The Labute approximate surface area is 106 Å². The SMILES string of the molecule is CCOC(=O)c1ccc(NC2CCCCC2)s1. The minimum absolute atomic E-state index is 0.214. The normalized spacial score (nSPS) is 16.8. The molecule has 94 valence electrons. The van der Waals surface area contributed by atoms with Crippen molar-refractivity contribution in [2.45, 2.75) is 45.1 Å². The highest BCUT2D eigenvalue weighted by molar-refractivity contribution is 7.17. The second kappa shape index (κ2) is 6.05. The van der Waals surface area contributed by atoms with Crippen molar-refractivity contribution in [3.8, 4) is 0 Å². The molecule has 0 atom stereocenters. The number of carbonyl (C=O) groups is 1. The van der Waals surface area contributed by atoms with Crippen LogP contribution in [-0.2, 0) is 4.74 Å². The molecule has 2 rings (SSSR count). The number of hydrogen-bond donors (Lipinski definition) is 1. The minimum atomic E-state index is -0.214. The molecule has 0 unspecified atom stereocenters. The van der Waals surface area contributed by atoms with Crippen molar-refractivity contribution in [1.82, 2.24) is 0 Å². The molecule has 0 spiro atoms. The number of esters is 1. The lowest BCUT2D eigenvalue weighted by Crippen LogP contribution is -2.21. The zero-order chi connectivity index (χ0) is 12.1. The van der Waals surface area contributed by atoms with Crippen LogP contribution in [0, 0.1) is 0 Å². The summed E-state index contributed by atoms with van der Waals surface area (Å²) in [5.41, 5.74) is 0. The van der Waals surface area contributed by atoms with E-state index in [-0.39, 0.29) is 5.97 Å². The first-order valence-corrected chi connectivity index (χ1v) is 7.14. The first kappa shape index (κ1) is 12.4. The van der Waals surface area contributed by atoms with Gasteiger partial charge < -0.3 is 10.1 Å². The molecule has 1 heterocycles. The van der Waals surface area contributed by atoms with Crippen molar-refractivity contribution in [2.24, 2.45) is 0 Å². The van der Waals surface area contributed by atoms with Gasteiger partial charge in [0.05, 0.1) is 11.6 Å². The van der Waals surface area contributed by atoms with Crippen LogP contribution >= 0.6 is 11.3 Å². The van der Waals surface area contributed by atoms with E-state index < -0.39 is 0 Å². The maximum absolute atomic E-state index is 11.5. The number of carbonyl (C=O) groups excluding carboxylic acids is 1. The number of thiophene rings is 1. The van der Waals surface area contributed by atoms with Crippen LogP contribution in [0.3, 0.4) is 0 Å². The third kappa shape index (κ3) is 3.46. The van der Waals surface area contributed by atoms with Gasteiger partial charge in [0.15, 0.2) is 0 Å². The van der Waals surface area contributed by atoms with Crippen LogP contribution in [0.5, 0.6) is 0 Å². The predicted octanol–water partition coefficient (Wildman–Crippen LogP) is 3.67. The van der Waals surface area contributed by atoms with Crippen molar-refractivity contribution in [3.63, 3.8) is 0 Å². The molecule has 1 aliphatic carbocycles. The van der Waals surface area contributed by atoms with Crippen LogP contribution in [0.1, 0.15) is 48.7 Å². The molecule has 0 aromatic carbocycles. The summed E-state index contributed by atoms with van der Waals surface area (Å²) in [6.45, 7) is 2.26. The Hall–Kier alpha value is -1.03. The highest BCUT2D eigenvalue weighted by atomic mass is 32.1. The van der Waals surface area contributed by atoms with Gasteiger partial charge in [0.25, 0.3) is 0 Å². The zero-order valence-electron chi connectivity index (χ0n) is 10.2. The first-order chi connectivity index (χ1) is 8.29. The third-order valence-electron chi connectivity index (χ3n) is 3.03. The highest BCUT2D eigenvalue weighted by Gasteiger charge is 2.15. The van der Waals surface area contributed by atoms with Crippen molar-refractivity contribution in [2.75, 3.05) is 11.9 Å². The summed E-state index contributed by atoms with van der Waals surface area (Å²) in [7, 11) is 0. The van der Waals surface area contributed by atoms with Gasteiger partial charge in [-0.1, -0.05) is 19.3 Å². The Bertz CT molecular complexity index is 369. The number of rotatable bonds is 4. The summed E-state index contributed by atoms with van der Waals surface area (Å²) in [5, 5.41) is 4.59. The van der Waals surface area contributed by atoms with Crippen molar-refractivity contribution < 1.29 is 9.53 Å². The van der Waals surface area contributed by atoms with E-state index in [0.29, 0.717) is 17.5 Å². The van der Waals surface area contributed by atoms with Crippen molar-refractivity contribution in [3.05, 3.63) is 17.0 Å². The smallest absolute Gasteiger partial charge is 0.348 e. The van der Waals surface area contributed by atoms with Gasteiger partial charge in [-0.15, -0.1) is 11.3 Å². The second-order valence-corrected chi connectivity index (χ2v) is 5.45. The summed E-state index contributed by atoms with van der Waals surface area (Å²) in [6, 6.07) is 4.40. The molecule has 0 aliphatic heterocycles. The molecule has 3 nitrogen and oxygen atoms in total. The molecule has 17 heavy (non-hydrogen) atoms. The molecule has 0 bridgehead atoms. The summed E-state index contributed by atoms with van der Waals surface area (Å²) in [6.07, 6.45) is 6.47. The monoisotopic (exact) mass is 253 g/mol. The molecule has 1 fully saturated rings. The number of nitrogens with one attached hydrogen (secondary N) is 1. The van der Waals surface area contributed by atoms with Gasteiger partial charge in [-0.2, -0.15) is 0 Å². The van der Waals surface area contributed by atoms with E-state index in [1.54, 1.807) is 0 Å². The fourth-order valence-corrected chi connectivity index (χ4v) is 3.05. The standard InChI is InChI=1S/C13H19NO2S/c1-2-16-13(15)11-8-9-12(17-11)14-10-6-4-3-5-7-10/h8-10,14H,2-7H2,1H3. The lowest BCUT2D eigenvalue weighted by molar-refractivity contribution is 0.0532. The van der Waals surface area contributed by atoms with E-state index in [2.05, 4.69) is 5.32 Å². The molecular formula is C13H19NO2S. The van der Waals surface area contributed by atoms with Crippen LogP contribution in [0.4, 0.5) is 5.00 Å². The van der Waals surface area contributed by atoms with Gasteiger partial charge in [-0.3, -0.25) is 0 Å². The lowest BCUT2D eigenvalue weighted by Gasteiger charge is -2.22. The minimum Gasteiger partial charge on any atom is -0.462 e. The average molecular weight is 253 g/mol. The fourth-order valence-electron chi connectivity index (χ4n) is 2.18. The molecule has 4 heteroatoms. The number of anilines is 1. The summed E-state index contributed by atoms with van der Waals surface area (Å²) >= 11 is 1.49. The van der Waals surface area contributed by atoms with Gasteiger partial charge in [-0.25, -0.2) is 4.79 Å². The zero-order valence-corrected chi connectivity index (χ0v) is 11.0. The average Bonchev–Trinajstić information content (AvgIpc) is 2.79. The lowest BCUT2D eigenvalue weighted by atomic mass is 9.96. The van der Waals surface area contributed by atoms with Crippen molar-refractivity contribution >= 4 is 22.3 Å². The Morgan fingerprint density at radius 1 is 1.41 bits per heavy atom. The van der Waals surface area contributed by atoms with Gasteiger partial charge in [0, 0.05) is 6.04 Å². The Kier molecular flexibility index (Phi) is 4.42. The maximum atomic E-state index is 11.5. The predicted molar refractivity (Wildman–Crippen MR) is 70.8 cm³/mol. The van der Waals surface area contributed by atoms with Crippen molar-refractivity contribution in [1.29, 1.82) is 0 Å². The van der Waals surface area contributed by atoms with E-state index in [0.717, 1.165) is 5.00 Å². The van der Waals surface area contributed by atoms with Gasteiger partial charge in [-0.05, 0) is 31.9 Å². The molecule has 1 aliphatic rings. The first-order valence-electron chi connectivity index (χ1n) is 6.33. The van der Waals surface area contributed by atoms with Crippen LogP contribution in [0.25, 0.3) is 0 Å². The Morgan fingerprint density at radius 2 is 2.18 bits per heavy atom. The van der Waals surface area contributed by atoms with Gasteiger partial charge >= 0.3 is 5.97 Å². The molecule has 0 amide bonds. The molecular weight excluding hydrogens is 234 g/mol. The van der Waals surface area contributed by atoms with Gasteiger partial charge in [0.1, 0.15) is 4.88 Å². The summed E-state index contributed by atoms with van der Waals surface area (Å²) in [5.74, 6) is -0.214. The van der Waals surface area contributed by atoms with E-state index >= 15 is 0 Å². The topological polar surface area (TPSA) is 38.3 Å². The molecule has 0 radical (unpaired) electrons. The third-order valence-corrected chi connectivity index (χ3v) is 4.03. The van der Waals surface area contributed by atoms with E-state index in [1.165, 1.54) is 43.4 Å². The van der Waals surface area contributed by atoms with E-state index in [9.17, 15) is 4.79 Å². The van der Waals surface area contributed by atoms with Crippen LogP contribution in [0.15, 0.2) is 12.1 Å². The van der Waals surface area contributed by atoms with Crippen LogP contribution in [0.2, 0.25) is 0 Å². The molecule has 1 saturated carbocycles. The van der Waals surface area contributed by atoms with E-state index in [1.807, 2.05) is 19.1 Å². The van der Waals surface area contributed by atoms with Gasteiger partial charge in [0.2, 0.25) is 0 Å². The molecule has 1 aromatic rings. The van der Waals surface area contributed by atoms with E-state index in [4.69, 9.17) is 4.74 Å². The summed E-state index contributed by atoms with van der Waals surface area (Å²) < 4.78 is 4.97. The maximum Gasteiger partial charge on any atom is 0.348 e. The molecule has 1 aromatic heterocycles. The Morgan fingerprint density at radius 3 is 2.88 bits per heavy atom. The Balaban J connectivity index is 1.91. The number of ether oxygens (including phenoxy) is 1.